The van der Waals surface area contributed by atoms with Crippen molar-refractivity contribution in [2.75, 3.05) is 7.05 Å². The van der Waals surface area contributed by atoms with Gasteiger partial charge in [0.05, 0.1) is 5.69 Å². The van der Waals surface area contributed by atoms with Gasteiger partial charge in [-0.25, -0.2) is 0 Å². The standard InChI is InChI=1S/C34H31N3.C2H6/c1-4-25(21-36-3)30-19-28(16-14-24-13-15-26-9-5-6-10-27(26)18-24)34(37-22-30)29(20-35)17-23(2)33-31-11-7-8-12-32(31)33;1-2/h4-6,9-22,35H,7-8H2,1-3H3;1-2H3/b16-14+,25-4+,29-17+,35-20?,36-21?;. The van der Waals surface area contributed by atoms with Crippen molar-refractivity contribution < 1.29 is 0 Å². The van der Waals surface area contributed by atoms with Crippen LogP contribution in [0.15, 0.2) is 106 Å². The predicted molar refractivity (Wildman–Crippen MR) is 171 cm³/mol. The van der Waals surface area contributed by atoms with Gasteiger partial charge in [0, 0.05) is 42.4 Å². The summed E-state index contributed by atoms with van der Waals surface area (Å²) in [6.45, 7) is 8.14. The number of aromatic nitrogens is 1. The van der Waals surface area contributed by atoms with E-state index in [1.807, 2.05) is 39.3 Å². The predicted octanol–water partition coefficient (Wildman–Crippen LogP) is 9.54. The number of pyridine rings is 1. The molecule has 3 heteroatoms. The molecule has 2 aliphatic carbocycles. The van der Waals surface area contributed by atoms with E-state index < -0.39 is 0 Å². The fourth-order valence-corrected chi connectivity index (χ4v) is 4.97. The van der Waals surface area contributed by atoms with E-state index in [1.165, 1.54) is 39.3 Å². The Labute approximate surface area is 232 Å². The summed E-state index contributed by atoms with van der Waals surface area (Å²) in [6, 6.07) is 17.0. The molecule has 1 fully saturated rings. The van der Waals surface area contributed by atoms with Gasteiger partial charge in [-0.3, -0.25) is 9.98 Å². The minimum absolute atomic E-state index is 0.797. The van der Waals surface area contributed by atoms with Crippen LogP contribution < -0.4 is 0 Å². The molecule has 2 aromatic carbocycles. The lowest BCUT2D eigenvalue weighted by molar-refractivity contribution is 1.04. The van der Waals surface area contributed by atoms with Gasteiger partial charge in [0.25, 0.3) is 0 Å². The molecule has 3 nitrogen and oxygen atoms in total. The van der Waals surface area contributed by atoms with Crippen LogP contribution in [-0.4, -0.2) is 24.5 Å². The Kier molecular flexibility index (Phi) is 9.17. The summed E-state index contributed by atoms with van der Waals surface area (Å²) in [7, 11) is 1.78. The maximum Gasteiger partial charge on any atom is 0.0790 e. The maximum absolute atomic E-state index is 8.24. The first-order chi connectivity index (χ1) is 19.1. The van der Waals surface area contributed by atoms with Crippen molar-refractivity contribution in [3.63, 3.8) is 0 Å². The molecule has 1 N–H and O–H groups in total. The number of fused-ring (bicyclic) bond motifs is 2. The summed E-state index contributed by atoms with van der Waals surface area (Å²) in [5, 5.41) is 10.7. The molecule has 0 radical (unpaired) electrons. The summed E-state index contributed by atoms with van der Waals surface area (Å²) >= 11 is 0. The molecule has 196 valence electrons. The number of hydrogen-bond acceptors (Lipinski definition) is 3. The quantitative estimate of drug-likeness (QED) is 0.315. The fourth-order valence-electron chi connectivity index (χ4n) is 4.97. The molecule has 1 aromatic heterocycles. The van der Waals surface area contributed by atoms with E-state index in [0.717, 1.165) is 46.4 Å². The molecular weight excluding hydrogens is 474 g/mol. The molecule has 0 saturated heterocycles. The van der Waals surface area contributed by atoms with E-state index in [4.69, 9.17) is 10.4 Å². The summed E-state index contributed by atoms with van der Waals surface area (Å²) < 4.78 is 0. The number of rotatable bonds is 7. The summed E-state index contributed by atoms with van der Waals surface area (Å²) in [6.07, 6.45) is 20.4. The van der Waals surface area contributed by atoms with Crippen molar-refractivity contribution in [1.82, 2.24) is 4.98 Å². The van der Waals surface area contributed by atoms with Gasteiger partial charge in [0.1, 0.15) is 0 Å². The Morgan fingerprint density at radius 3 is 2.31 bits per heavy atom. The van der Waals surface area contributed by atoms with E-state index in [1.54, 1.807) is 7.05 Å². The van der Waals surface area contributed by atoms with Gasteiger partial charge < -0.3 is 5.41 Å². The van der Waals surface area contributed by atoms with Crippen molar-refractivity contribution in [3.05, 3.63) is 124 Å². The summed E-state index contributed by atoms with van der Waals surface area (Å²) in [5.41, 5.74) is 11.0. The van der Waals surface area contributed by atoms with E-state index >= 15 is 0 Å². The molecule has 39 heavy (non-hydrogen) atoms. The van der Waals surface area contributed by atoms with Crippen molar-refractivity contribution in [3.8, 4) is 0 Å². The minimum Gasteiger partial charge on any atom is -0.308 e. The van der Waals surface area contributed by atoms with E-state index in [2.05, 4.69) is 90.8 Å². The fraction of sp³-hybridized carbons (Fsp3) is 0.194. The summed E-state index contributed by atoms with van der Waals surface area (Å²) in [5.74, 6) is 0. The van der Waals surface area contributed by atoms with Gasteiger partial charge in [-0.2, -0.15) is 0 Å². The molecule has 0 amide bonds. The van der Waals surface area contributed by atoms with Crippen LogP contribution in [0.1, 0.15) is 62.9 Å². The van der Waals surface area contributed by atoms with Crippen LogP contribution in [0.4, 0.5) is 0 Å². The topological polar surface area (TPSA) is 49.1 Å². The molecule has 1 heterocycles. The number of nitrogens with one attached hydrogen (secondary N) is 1. The normalized spacial score (nSPS) is 15.1. The van der Waals surface area contributed by atoms with Gasteiger partial charge in [0.15, 0.2) is 0 Å². The smallest absolute Gasteiger partial charge is 0.0790 e. The maximum atomic E-state index is 8.24. The third-order valence-electron chi connectivity index (χ3n) is 6.88. The Balaban J connectivity index is 0.00000172. The Bertz CT molecular complexity index is 1580. The minimum atomic E-state index is 0.797. The molecule has 0 spiro atoms. The Hall–Kier alpha value is -4.37. The van der Waals surface area contributed by atoms with Crippen molar-refractivity contribution in [1.29, 1.82) is 5.41 Å². The van der Waals surface area contributed by atoms with Gasteiger partial charge in [-0.1, -0.05) is 80.6 Å². The number of allylic oxidation sites excluding steroid dienone is 10. The third-order valence-corrected chi connectivity index (χ3v) is 6.88. The largest absolute Gasteiger partial charge is 0.308 e. The van der Waals surface area contributed by atoms with Crippen LogP contribution in [0.3, 0.4) is 0 Å². The highest BCUT2D eigenvalue weighted by molar-refractivity contribution is 6.12. The molecule has 1 saturated carbocycles. The van der Waals surface area contributed by atoms with Crippen molar-refractivity contribution >= 4 is 46.5 Å². The van der Waals surface area contributed by atoms with Crippen molar-refractivity contribution in [2.24, 2.45) is 4.99 Å². The Morgan fingerprint density at radius 2 is 1.64 bits per heavy atom. The van der Waals surface area contributed by atoms with E-state index in [0.29, 0.717) is 0 Å². The molecule has 0 unspecified atom stereocenters. The van der Waals surface area contributed by atoms with Crippen LogP contribution in [0.25, 0.3) is 34.1 Å². The van der Waals surface area contributed by atoms with E-state index in [9.17, 15) is 0 Å². The van der Waals surface area contributed by atoms with Crippen LogP contribution in [0, 0.1) is 5.41 Å². The molecule has 5 rings (SSSR count). The lowest BCUT2D eigenvalue weighted by Crippen LogP contribution is -1.98. The zero-order valence-electron chi connectivity index (χ0n) is 23.6. The SMILES string of the molecule is C/C=C(\C=NC)c1cnc(/C(C=N)=C/C(C)=C2C3=CCCC=C32)c(/C=C/c2ccc3ccccc3c2)c1.CC. The first-order valence-electron chi connectivity index (χ1n) is 13.7. The second-order valence-electron chi connectivity index (χ2n) is 9.35. The van der Waals surface area contributed by atoms with Crippen LogP contribution in [0.2, 0.25) is 0 Å². The van der Waals surface area contributed by atoms with Gasteiger partial charge in [-0.15, -0.1) is 0 Å². The zero-order valence-corrected chi connectivity index (χ0v) is 23.6. The van der Waals surface area contributed by atoms with Crippen LogP contribution in [0.5, 0.6) is 0 Å². The second kappa shape index (κ2) is 12.9. The second-order valence-corrected chi connectivity index (χ2v) is 9.35. The summed E-state index contributed by atoms with van der Waals surface area (Å²) in [4.78, 5) is 9.07. The molecule has 0 bridgehead atoms. The molecule has 0 atom stereocenters. The average Bonchev–Trinajstić information content (AvgIpc) is 3.73. The van der Waals surface area contributed by atoms with Crippen molar-refractivity contribution in [2.45, 2.75) is 40.5 Å². The third kappa shape index (κ3) is 6.21. The average molecular weight is 512 g/mol. The molecule has 0 aliphatic heterocycles. The molecule has 2 aliphatic rings. The van der Waals surface area contributed by atoms with Gasteiger partial charge in [-0.05, 0) is 89.1 Å². The number of nitrogens with zero attached hydrogens (tertiary/aromatic N) is 2. The molecular formula is C36H37N3. The number of hydrogen-bond donors (Lipinski definition) is 1. The number of benzene rings is 2. The first-order valence-corrected chi connectivity index (χ1v) is 13.7. The zero-order chi connectivity index (χ0) is 27.8. The number of aliphatic imine (C=N–C) groups is 1. The lowest BCUT2D eigenvalue weighted by atomic mass is 9.98. The monoisotopic (exact) mass is 511 g/mol. The lowest BCUT2D eigenvalue weighted by Gasteiger charge is -2.10. The van der Waals surface area contributed by atoms with Gasteiger partial charge in [0.2, 0.25) is 0 Å². The Morgan fingerprint density at radius 1 is 0.923 bits per heavy atom. The highest BCUT2D eigenvalue weighted by atomic mass is 14.7. The highest BCUT2D eigenvalue weighted by Crippen LogP contribution is 2.49. The molecule has 3 aromatic rings. The van der Waals surface area contributed by atoms with Gasteiger partial charge >= 0.3 is 0 Å². The first kappa shape index (κ1) is 27.7. The van der Waals surface area contributed by atoms with Crippen LogP contribution in [-0.2, 0) is 0 Å². The highest BCUT2D eigenvalue weighted by Gasteiger charge is 2.32. The van der Waals surface area contributed by atoms with E-state index in [-0.39, 0.29) is 0 Å². The van der Waals surface area contributed by atoms with Crippen LogP contribution >= 0.6 is 0 Å².